The summed E-state index contributed by atoms with van der Waals surface area (Å²) in [5, 5.41) is 26.9. The summed E-state index contributed by atoms with van der Waals surface area (Å²) in [5.74, 6) is -0.868. The molecule has 0 fully saturated rings. The number of para-hydroxylation sites is 2. The van der Waals surface area contributed by atoms with Crippen molar-refractivity contribution < 1.29 is 13.2 Å². The summed E-state index contributed by atoms with van der Waals surface area (Å²) in [4.78, 5) is 1.75. The summed E-state index contributed by atoms with van der Waals surface area (Å²) in [6.45, 7) is 4.26. The second-order valence-corrected chi connectivity index (χ2v) is 12.8. The van der Waals surface area contributed by atoms with E-state index in [0.29, 0.717) is 22.5 Å². The first-order valence-electron chi connectivity index (χ1n) is 16.0. The van der Waals surface area contributed by atoms with E-state index in [0.717, 1.165) is 43.4 Å². The highest BCUT2D eigenvalue weighted by Gasteiger charge is 2.39. The van der Waals surface area contributed by atoms with E-state index in [1.165, 1.54) is 0 Å². The van der Waals surface area contributed by atoms with Crippen LogP contribution in [0.3, 0.4) is 0 Å². The van der Waals surface area contributed by atoms with Crippen LogP contribution >= 0.6 is 0 Å². The Balaban J connectivity index is 1.52. The second-order valence-electron chi connectivity index (χ2n) is 12.8. The third-order valence-corrected chi connectivity index (χ3v) is 9.86. The molecule has 1 aliphatic rings. The molecule has 5 nitrogen and oxygen atoms in total. The zero-order valence-electron chi connectivity index (χ0n) is 26.6. The molecular weight excluding hydrogens is 609 g/mol. The molecule has 0 amide bonds. The van der Waals surface area contributed by atoms with Crippen LogP contribution in [-0.4, -0.2) is 0 Å². The van der Waals surface area contributed by atoms with E-state index in [1.807, 2.05) is 121 Å². The molecule has 49 heavy (non-hydrogen) atoms. The number of hydrogen-bond acceptors (Lipinski definition) is 5. The zero-order valence-corrected chi connectivity index (χ0v) is 26.6. The Bertz CT molecular complexity index is 2820. The fourth-order valence-corrected chi connectivity index (χ4v) is 7.59. The molecule has 0 saturated heterocycles. The van der Waals surface area contributed by atoms with Crippen molar-refractivity contribution in [2.24, 2.45) is 0 Å². The van der Waals surface area contributed by atoms with Crippen molar-refractivity contribution in [1.82, 2.24) is 0 Å². The van der Waals surface area contributed by atoms with Crippen LogP contribution in [0.25, 0.3) is 54.6 Å². The number of rotatable bonds is 1. The summed E-state index contributed by atoms with van der Waals surface area (Å²) in [6.07, 6.45) is 0. The van der Waals surface area contributed by atoms with Gasteiger partial charge in [0.05, 0.1) is 11.4 Å². The third-order valence-electron chi connectivity index (χ3n) is 9.86. The molecule has 9 rings (SSSR count). The first-order chi connectivity index (χ1) is 23.9. The first-order valence-corrected chi connectivity index (χ1v) is 16.0. The fraction of sp³-hybridized carbons (Fsp3) is 0.0698. The van der Waals surface area contributed by atoms with Crippen molar-refractivity contribution in [1.29, 1.82) is 10.5 Å². The third kappa shape index (κ3) is 3.95. The monoisotopic (exact) mass is 635 g/mol. The Labute approximate surface area is 280 Å². The van der Waals surface area contributed by atoms with Gasteiger partial charge in [0.1, 0.15) is 40.1 Å². The average molecular weight is 636 g/mol. The van der Waals surface area contributed by atoms with Gasteiger partial charge in [-0.15, -0.1) is 0 Å². The lowest BCUT2D eigenvalue weighted by atomic mass is 9.73. The van der Waals surface area contributed by atoms with Crippen LogP contribution in [0.1, 0.15) is 36.1 Å². The number of nitriles is 2. The normalized spacial score (nSPS) is 13.3. The summed E-state index contributed by atoms with van der Waals surface area (Å²) >= 11 is 0. The van der Waals surface area contributed by atoms with E-state index < -0.39 is 11.2 Å². The number of nitrogens with zero attached hydrogens (tertiary/aromatic N) is 3. The van der Waals surface area contributed by atoms with Crippen molar-refractivity contribution >= 4 is 71.7 Å². The summed E-state index contributed by atoms with van der Waals surface area (Å²) in [5.41, 5.74) is 3.11. The number of fused-ring (bicyclic) bond motifs is 10. The van der Waals surface area contributed by atoms with Crippen molar-refractivity contribution in [3.8, 4) is 12.1 Å². The van der Waals surface area contributed by atoms with Gasteiger partial charge in [0.2, 0.25) is 0 Å². The van der Waals surface area contributed by atoms with Gasteiger partial charge < -0.3 is 13.7 Å². The van der Waals surface area contributed by atoms with Crippen LogP contribution in [0.4, 0.5) is 21.5 Å². The quantitative estimate of drug-likeness (QED) is 0.179. The molecule has 8 aromatic rings. The molecule has 7 aromatic carbocycles. The molecule has 0 saturated carbocycles. The smallest absolute Gasteiger partial charge is 0.192 e. The lowest BCUT2D eigenvalue weighted by molar-refractivity contribution is 0.591. The minimum Gasteiger partial charge on any atom is -0.451 e. The van der Waals surface area contributed by atoms with E-state index in [-0.39, 0.29) is 28.0 Å². The molecule has 0 spiro atoms. The highest BCUT2D eigenvalue weighted by molar-refractivity contribution is 6.25. The Kier molecular flexibility index (Phi) is 6.09. The average Bonchev–Trinajstić information content (AvgIpc) is 3.12. The van der Waals surface area contributed by atoms with Gasteiger partial charge in [0.25, 0.3) is 0 Å². The van der Waals surface area contributed by atoms with E-state index in [9.17, 15) is 10.5 Å². The fourth-order valence-electron chi connectivity index (χ4n) is 7.59. The highest BCUT2D eigenvalue weighted by atomic mass is 19.1. The largest absolute Gasteiger partial charge is 0.451 e. The number of anilines is 3. The molecule has 2 heterocycles. The van der Waals surface area contributed by atoms with Gasteiger partial charge in [0.15, 0.2) is 17.0 Å². The summed E-state index contributed by atoms with van der Waals surface area (Å²) in [6, 6.07) is 43.4. The molecule has 232 valence electrons. The van der Waals surface area contributed by atoms with Gasteiger partial charge in [-0.3, -0.25) is 0 Å². The zero-order chi connectivity index (χ0) is 33.4. The van der Waals surface area contributed by atoms with E-state index in [1.54, 1.807) is 4.90 Å². The number of halogens is 1. The molecule has 1 aliphatic heterocycles. The lowest BCUT2D eigenvalue weighted by Gasteiger charge is -2.42. The van der Waals surface area contributed by atoms with Crippen molar-refractivity contribution in [2.45, 2.75) is 19.3 Å². The number of hydrogen-bond donors (Lipinski definition) is 0. The Hall–Kier alpha value is -6.63. The lowest BCUT2D eigenvalue weighted by Crippen LogP contribution is -2.31. The Morgan fingerprint density at radius 2 is 1.02 bits per heavy atom. The highest BCUT2D eigenvalue weighted by Crippen LogP contribution is 2.54. The molecule has 0 bridgehead atoms. The van der Waals surface area contributed by atoms with Crippen molar-refractivity contribution in [3.63, 3.8) is 0 Å². The summed E-state index contributed by atoms with van der Waals surface area (Å²) in [7, 11) is 0. The minimum absolute atomic E-state index is 0.0226. The van der Waals surface area contributed by atoms with E-state index >= 15 is 4.39 Å². The summed E-state index contributed by atoms with van der Waals surface area (Å²) < 4.78 is 30.7. The van der Waals surface area contributed by atoms with Crippen LogP contribution in [0.5, 0.6) is 0 Å². The molecule has 6 heteroatoms. The van der Waals surface area contributed by atoms with Crippen LogP contribution in [0.2, 0.25) is 0 Å². The molecule has 0 unspecified atom stereocenters. The molecule has 0 aliphatic carbocycles. The van der Waals surface area contributed by atoms with Gasteiger partial charge in [-0.05, 0) is 56.9 Å². The molecular formula is C43H26FN3O2. The predicted octanol–water partition coefficient (Wildman–Crippen LogP) is 11.8. The SMILES string of the molecule is CC1(C)c2ccccc2N(c2c(F)c(C#N)c3oc4ccc5ccccc5c4c4c(ccc5ccccc54)oc3c2C#N)c2ccccc21. The van der Waals surface area contributed by atoms with Crippen molar-refractivity contribution in [3.05, 3.63) is 149 Å². The topological polar surface area (TPSA) is 77.1 Å². The Morgan fingerprint density at radius 3 is 1.53 bits per heavy atom. The van der Waals surface area contributed by atoms with Gasteiger partial charge in [0, 0.05) is 16.2 Å². The molecule has 0 radical (unpaired) electrons. The van der Waals surface area contributed by atoms with Gasteiger partial charge in [-0.2, -0.15) is 10.5 Å². The number of benzene rings is 7. The van der Waals surface area contributed by atoms with Crippen LogP contribution < -0.4 is 4.90 Å². The second kappa shape index (κ2) is 10.4. The van der Waals surface area contributed by atoms with Crippen LogP contribution in [0.15, 0.2) is 130 Å². The maximum atomic E-state index is 17.3. The van der Waals surface area contributed by atoms with E-state index in [4.69, 9.17) is 8.83 Å². The van der Waals surface area contributed by atoms with Gasteiger partial charge in [-0.1, -0.05) is 111 Å². The van der Waals surface area contributed by atoms with Crippen molar-refractivity contribution in [2.75, 3.05) is 4.90 Å². The maximum absolute atomic E-state index is 17.3. The maximum Gasteiger partial charge on any atom is 0.192 e. The minimum atomic E-state index is -0.868. The molecule has 0 N–H and O–H groups in total. The standard InChI is InChI=1S/C43H26FN3O2/c1-43(2)31-15-7-9-17-33(31)47(34-18-10-8-16-32(34)43)40-30(24-46)42-41(29(23-45)39(40)44)48-35-21-19-25-11-3-5-13-27(25)37(35)38-28-14-6-4-12-26(28)20-22-36(38)49-42/h3-22H,1-2H3. The molecule has 0 atom stereocenters. The predicted molar refractivity (Wildman–Crippen MR) is 192 cm³/mol. The van der Waals surface area contributed by atoms with Crippen LogP contribution in [0, 0.1) is 28.5 Å². The first kappa shape index (κ1) is 28.6. The molecule has 1 aromatic heterocycles. The Morgan fingerprint density at radius 1 is 0.571 bits per heavy atom. The van der Waals surface area contributed by atoms with E-state index in [2.05, 4.69) is 26.0 Å². The van der Waals surface area contributed by atoms with Gasteiger partial charge >= 0.3 is 0 Å². The van der Waals surface area contributed by atoms with Gasteiger partial charge in [-0.25, -0.2) is 4.39 Å². The van der Waals surface area contributed by atoms with Crippen LogP contribution in [-0.2, 0) is 5.41 Å².